The molecule has 0 bridgehead atoms. The molecule has 32 heavy (non-hydrogen) atoms. The number of piperidine rings is 1. The Balaban J connectivity index is 1.64. The summed E-state index contributed by atoms with van der Waals surface area (Å²) in [5.41, 5.74) is 11.0. The number of hydrazine groups is 1. The molecule has 5 N–H and O–H groups in total. The standard InChI is InChI=1S/C22H35ClN8O/c1-30(17-9-11-25-12-10-17)21-26-20(29-31-13-5-3-4-6-14-31)27-22(24,28-21)16-7-8-19(32-2)18(23)15-16/h7-8,15,17,25H,3-6,9-14,24H2,1-2H3,(H2,26,27,28,29). The number of hydrogen-bond donors (Lipinski definition) is 4. The summed E-state index contributed by atoms with van der Waals surface area (Å²) in [6.07, 6.45) is 6.95. The lowest BCUT2D eigenvalue weighted by atomic mass is 10.1. The summed E-state index contributed by atoms with van der Waals surface area (Å²) in [4.78, 5) is 11.8. The molecule has 9 nitrogen and oxygen atoms in total. The largest absolute Gasteiger partial charge is 0.495 e. The highest BCUT2D eigenvalue weighted by atomic mass is 35.5. The first-order valence-corrected chi connectivity index (χ1v) is 11.9. The number of halogens is 1. The Hall–Kier alpha value is -2.07. The number of ether oxygens (including phenoxy) is 1. The van der Waals surface area contributed by atoms with Gasteiger partial charge in [0.25, 0.3) is 0 Å². The number of nitrogens with one attached hydrogen (secondary N) is 3. The Bertz CT molecular complexity index is 848. The van der Waals surface area contributed by atoms with Crippen LogP contribution in [0, 0.1) is 0 Å². The second-order valence-electron chi connectivity index (χ2n) is 8.70. The molecule has 2 saturated heterocycles. The second kappa shape index (κ2) is 10.2. The van der Waals surface area contributed by atoms with E-state index < -0.39 is 5.79 Å². The van der Waals surface area contributed by atoms with E-state index in [1.807, 2.05) is 6.07 Å². The Morgan fingerprint density at radius 3 is 2.56 bits per heavy atom. The van der Waals surface area contributed by atoms with Gasteiger partial charge in [0.15, 0.2) is 0 Å². The minimum Gasteiger partial charge on any atom is -0.495 e. The molecule has 0 saturated carbocycles. The lowest BCUT2D eigenvalue weighted by Gasteiger charge is -2.38. The van der Waals surface area contributed by atoms with Crippen LogP contribution in [0.1, 0.15) is 44.1 Å². The molecule has 4 rings (SSSR count). The molecule has 2 fully saturated rings. The molecule has 3 aliphatic heterocycles. The monoisotopic (exact) mass is 462 g/mol. The van der Waals surface area contributed by atoms with Gasteiger partial charge in [-0.25, -0.2) is 15.0 Å². The maximum absolute atomic E-state index is 6.81. The van der Waals surface area contributed by atoms with Crippen molar-refractivity contribution in [2.24, 2.45) is 15.7 Å². The SMILES string of the molecule is COc1ccc(C2(N)N=C(NN3CCCCCC3)NC(N(C)C3CCNCC3)=N2)cc1Cl. The molecular formula is C22H35ClN8O. The zero-order valence-electron chi connectivity index (χ0n) is 19.0. The van der Waals surface area contributed by atoms with Gasteiger partial charge in [-0.15, -0.1) is 0 Å². The highest BCUT2D eigenvalue weighted by Gasteiger charge is 2.35. The molecule has 176 valence electrons. The van der Waals surface area contributed by atoms with E-state index in [1.165, 1.54) is 12.8 Å². The predicted octanol–water partition coefficient (Wildman–Crippen LogP) is 1.80. The predicted molar refractivity (Wildman–Crippen MR) is 129 cm³/mol. The van der Waals surface area contributed by atoms with Gasteiger partial charge in [-0.1, -0.05) is 24.4 Å². The van der Waals surface area contributed by atoms with Gasteiger partial charge in [0.05, 0.1) is 12.1 Å². The zero-order chi connectivity index (χ0) is 22.6. The lowest BCUT2D eigenvalue weighted by Crippen LogP contribution is -2.60. The summed E-state index contributed by atoms with van der Waals surface area (Å²) in [5, 5.41) is 9.51. The number of guanidine groups is 2. The Labute approximate surface area is 195 Å². The van der Waals surface area contributed by atoms with Crippen molar-refractivity contribution in [1.29, 1.82) is 0 Å². The van der Waals surface area contributed by atoms with Crippen LogP contribution >= 0.6 is 11.6 Å². The maximum atomic E-state index is 6.81. The van der Waals surface area contributed by atoms with Crippen molar-refractivity contribution in [2.45, 2.75) is 50.4 Å². The van der Waals surface area contributed by atoms with Crippen LogP contribution in [0.3, 0.4) is 0 Å². The van der Waals surface area contributed by atoms with E-state index in [0.29, 0.717) is 34.3 Å². The minimum atomic E-state index is -1.30. The van der Waals surface area contributed by atoms with Crippen molar-refractivity contribution in [3.8, 4) is 5.75 Å². The van der Waals surface area contributed by atoms with Gasteiger partial charge in [0.2, 0.25) is 17.7 Å². The average molecular weight is 463 g/mol. The first-order chi connectivity index (χ1) is 15.5. The van der Waals surface area contributed by atoms with Crippen molar-refractivity contribution in [3.05, 3.63) is 28.8 Å². The van der Waals surface area contributed by atoms with Crippen LogP contribution in [0.4, 0.5) is 0 Å². The van der Waals surface area contributed by atoms with Crippen LogP contribution in [-0.4, -0.2) is 68.2 Å². The Morgan fingerprint density at radius 1 is 1.19 bits per heavy atom. The Kier molecular flexibility index (Phi) is 7.40. The van der Waals surface area contributed by atoms with Gasteiger partial charge in [-0.05, 0) is 57.0 Å². The summed E-state index contributed by atoms with van der Waals surface area (Å²) < 4.78 is 5.30. The van der Waals surface area contributed by atoms with E-state index in [0.717, 1.165) is 51.9 Å². The molecule has 0 radical (unpaired) electrons. The van der Waals surface area contributed by atoms with E-state index in [2.05, 4.69) is 33.0 Å². The molecule has 3 heterocycles. The smallest absolute Gasteiger partial charge is 0.236 e. The fourth-order valence-electron chi connectivity index (χ4n) is 4.46. The number of benzene rings is 1. The van der Waals surface area contributed by atoms with Gasteiger partial charge in [0, 0.05) is 31.7 Å². The van der Waals surface area contributed by atoms with E-state index >= 15 is 0 Å². The van der Waals surface area contributed by atoms with Crippen LogP contribution in [0.2, 0.25) is 5.02 Å². The number of nitrogens with two attached hydrogens (primary N) is 1. The second-order valence-corrected chi connectivity index (χ2v) is 9.11. The first-order valence-electron chi connectivity index (χ1n) is 11.5. The van der Waals surface area contributed by atoms with Crippen molar-refractivity contribution in [2.75, 3.05) is 40.3 Å². The highest BCUT2D eigenvalue weighted by molar-refractivity contribution is 6.32. The fraction of sp³-hybridized carbons (Fsp3) is 0.636. The molecule has 1 unspecified atom stereocenters. The van der Waals surface area contributed by atoms with Crippen LogP contribution in [0.5, 0.6) is 5.75 Å². The molecule has 1 aromatic carbocycles. The van der Waals surface area contributed by atoms with Crippen molar-refractivity contribution >= 4 is 23.5 Å². The number of aliphatic imine (C=N–C) groups is 2. The van der Waals surface area contributed by atoms with Crippen molar-refractivity contribution in [1.82, 2.24) is 26.0 Å². The number of rotatable bonds is 4. The zero-order valence-corrected chi connectivity index (χ0v) is 19.8. The first kappa shape index (κ1) is 23.1. The summed E-state index contributed by atoms with van der Waals surface area (Å²) in [7, 11) is 3.66. The Morgan fingerprint density at radius 2 is 1.91 bits per heavy atom. The third-order valence-electron chi connectivity index (χ3n) is 6.43. The van der Waals surface area contributed by atoms with Gasteiger partial charge < -0.3 is 15.0 Å². The molecule has 0 spiro atoms. The third kappa shape index (κ3) is 5.28. The topological polar surface area (TPSA) is 103 Å². The van der Waals surface area contributed by atoms with Gasteiger partial charge >= 0.3 is 0 Å². The number of nitrogens with zero attached hydrogens (tertiary/aromatic N) is 4. The summed E-state index contributed by atoms with van der Waals surface area (Å²) in [6, 6.07) is 5.83. The van der Waals surface area contributed by atoms with E-state index in [-0.39, 0.29) is 0 Å². The van der Waals surface area contributed by atoms with Gasteiger partial charge in [0.1, 0.15) is 5.75 Å². The summed E-state index contributed by atoms with van der Waals surface area (Å²) >= 11 is 6.41. The fourth-order valence-corrected chi connectivity index (χ4v) is 4.72. The van der Waals surface area contributed by atoms with Crippen molar-refractivity contribution in [3.63, 3.8) is 0 Å². The summed E-state index contributed by atoms with van der Waals surface area (Å²) in [6.45, 7) is 3.95. The summed E-state index contributed by atoms with van der Waals surface area (Å²) in [5.74, 6) is 0.605. The minimum absolute atomic E-state index is 0.378. The van der Waals surface area contributed by atoms with Crippen LogP contribution in [0.15, 0.2) is 28.2 Å². The average Bonchev–Trinajstić information content (AvgIpc) is 3.07. The highest BCUT2D eigenvalue weighted by Crippen LogP contribution is 2.32. The molecule has 0 amide bonds. The molecule has 10 heteroatoms. The molecule has 1 aromatic rings. The number of methoxy groups -OCH3 is 1. The molecule has 3 aliphatic rings. The quantitative estimate of drug-likeness (QED) is 0.541. The van der Waals surface area contributed by atoms with Crippen molar-refractivity contribution < 1.29 is 4.74 Å². The molecular weight excluding hydrogens is 428 g/mol. The normalized spacial score (nSPS) is 25.2. The van der Waals surface area contributed by atoms with Crippen LogP contribution in [0.25, 0.3) is 0 Å². The van der Waals surface area contributed by atoms with Gasteiger partial charge in [-0.2, -0.15) is 0 Å². The van der Waals surface area contributed by atoms with E-state index in [9.17, 15) is 0 Å². The van der Waals surface area contributed by atoms with E-state index in [1.54, 1.807) is 19.2 Å². The number of hydrogen-bond acceptors (Lipinski definition) is 9. The molecule has 1 atom stereocenters. The van der Waals surface area contributed by atoms with Crippen LogP contribution in [-0.2, 0) is 5.79 Å². The van der Waals surface area contributed by atoms with E-state index in [4.69, 9.17) is 32.1 Å². The third-order valence-corrected chi connectivity index (χ3v) is 6.72. The maximum Gasteiger partial charge on any atom is 0.236 e. The lowest BCUT2D eigenvalue weighted by molar-refractivity contribution is 0.237. The van der Waals surface area contributed by atoms with Gasteiger partial charge in [-0.3, -0.25) is 16.5 Å². The molecule has 0 aromatic heterocycles. The van der Waals surface area contributed by atoms with Crippen LogP contribution < -0.4 is 26.5 Å². The molecule has 0 aliphatic carbocycles.